The number of benzene rings is 1. The van der Waals surface area contributed by atoms with Gasteiger partial charge >= 0.3 is 0 Å². The highest BCUT2D eigenvalue weighted by Gasteiger charge is 2.01. The lowest BCUT2D eigenvalue weighted by atomic mass is 10.2. The summed E-state index contributed by atoms with van der Waals surface area (Å²) in [5.41, 5.74) is 4.69. The third-order valence-electron chi connectivity index (χ3n) is 2.75. The predicted molar refractivity (Wildman–Crippen MR) is 75.2 cm³/mol. The Morgan fingerprint density at radius 2 is 2.00 bits per heavy atom. The number of nitrogens with one attached hydrogen (secondary N) is 1. The fourth-order valence-corrected chi connectivity index (χ4v) is 2.18. The molecular weight excluding hydrogens is 276 g/mol. The summed E-state index contributed by atoms with van der Waals surface area (Å²) in [6.45, 7) is 4.94. The molecule has 2 aromatic rings. The number of halogens is 1. The van der Waals surface area contributed by atoms with E-state index in [1.54, 1.807) is 0 Å². The van der Waals surface area contributed by atoms with Crippen LogP contribution in [-0.2, 0) is 6.54 Å². The van der Waals surface area contributed by atoms with Gasteiger partial charge in [0.1, 0.15) is 0 Å². The second-order valence-corrected chi connectivity index (χ2v) is 5.00. The van der Waals surface area contributed by atoms with E-state index < -0.39 is 0 Å². The maximum absolute atomic E-state index is 4.37. The standard InChI is InChI=1S/C14H15BrN2/c1-10-4-3-7-16-14(10)9-17-13-6-5-12(15)8-11(13)2/h3-8,17H,9H2,1-2H3. The minimum atomic E-state index is 0.759. The van der Waals surface area contributed by atoms with E-state index in [1.165, 1.54) is 11.1 Å². The van der Waals surface area contributed by atoms with Crippen LogP contribution in [0.25, 0.3) is 0 Å². The van der Waals surface area contributed by atoms with Crippen LogP contribution in [0.2, 0.25) is 0 Å². The molecule has 3 heteroatoms. The molecule has 0 fully saturated rings. The Bertz CT molecular complexity index is 523. The van der Waals surface area contributed by atoms with E-state index in [2.05, 4.69) is 58.3 Å². The van der Waals surface area contributed by atoms with Crippen molar-refractivity contribution < 1.29 is 0 Å². The van der Waals surface area contributed by atoms with Gasteiger partial charge in [-0.1, -0.05) is 22.0 Å². The third kappa shape index (κ3) is 3.07. The minimum absolute atomic E-state index is 0.759. The van der Waals surface area contributed by atoms with Gasteiger partial charge in [0.05, 0.1) is 12.2 Å². The summed E-state index contributed by atoms with van der Waals surface area (Å²) in [6.07, 6.45) is 1.83. The lowest BCUT2D eigenvalue weighted by molar-refractivity contribution is 1.02. The summed E-state index contributed by atoms with van der Waals surface area (Å²) in [4.78, 5) is 4.37. The van der Waals surface area contributed by atoms with Crippen molar-refractivity contribution in [1.82, 2.24) is 4.98 Å². The number of aryl methyl sites for hydroxylation is 2. The number of nitrogens with zero attached hydrogens (tertiary/aromatic N) is 1. The van der Waals surface area contributed by atoms with Crippen LogP contribution < -0.4 is 5.32 Å². The summed E-state index contributed by atoms with van der Waals surface area (Å²) in [5.74, 6) is 0. The second-order valence-electron chi connectivity index (χ2n) is 4.08. The topological polar surface area (TPSA) is 24.9 Å². The molecule has 2 rings (SSSR count). The van der Waals surface area contributed by atoms with Gasteiger partial charge in [0.2, 0.25) is 0 Å². The van der Waals surface area contributed by atoms with Gasteiger partial charge in [-0.2, -0.15) is 0 Å². The van der Waals surface area contributed by atoms with Gasteiger partial charge < -0.3 is 5.32 Å². The summed E-state index contributed by atoms with van der Waals surface area (Å²) < 4.78 is 1.11. The molecule has 1 N–H and O–H groups in total. The molecule has 0 bridgehead atoms. The Balaban J connectivity index is 2.10. The van der Waals surface area contributed by atoms with Crippen LogP contribution in [-0.4, -0.2) is 4.98 Å². The fourth-order valence-electron chi connectivity index (χ4n) is 1.71. The number of hydrogen-bond donors (Lipinski definition) is 1. The Morgan fingerprint density at radius 3 is 2.71 bits per heavy atom. The molecule has 0 aliphatic heterocycles. The number of aromatic nitrogens is 1. The normalized spacial score (nSPS) is 10.3. The van der Waals surface area contributed by atoms with Gasteiger partial charge in [-0.25, -0.2) is 0 Å². The molecule has 2 nitrogen and oxygen atoms in total. The monoisotopic (exact) mass is 290 g/mol. The van der Waals surface area contributed by atoms with E-state index in [0.29, 0.717) is 0 Å². The quantitative estimate of drug-likeness (QED) is 0.922. The van der Waals surface area contributed by atoms with Crippen molar-refractivity contribution >= 4 is 21.6 Å². The number of anilines is 1. The molecule has 0 atom stereocenters. The van der Waals surface area contributed by atoms with Crippen LogP contribution in [0.5, 0.6) is 0 Å². The summed E-state index contributed by atoms with van der Waals surface area (Å²) >= 11 is 3.46. The Morgan fingerprint density at radius 1 is 1.18 bits per heavy atom. The molecule has 0 aliphatic carbocycles. The van der Waals surface area contributed by atoms with Crippen molar-refractivity contribution in [3.8, 4) is 0 Å². The van der Waals surface area contributed by atoms with Crippen molar-refractivity contribution in [3.05, 3.63) is 57.8 Å². The zero-order valence-corrected chi connectivity index (χ0v) is 11.6. The average molecular weight is 291 g/mol. The summed E-state index contributed by atoms with van der Waals surface area (Å²) in [7, 11) is 0. The maximum atomic E-state index is 4.37. The molecule has 17 heavy (non-hydrogen) atoms. The van der Waals surface area contributed by atoms with E-state index in [4.69, 9.17) is 0 Å². The van der Waals surface area contributed by atoms with E-state index in [0.717, 1.165) is 22.4 Å². The van der Waals surface area contributed by atoms with Crippen molar-refractivity contribution in [1.29, 1.82) is 0 Å². The molecular formula is C14H15BrN2. The molecule has 0 spiro atoms. The first-order valence-electron chi connectivity index (χ1n) is 5.57. The van der Waals surface area contributed by atoms with Gasteiger partial charge in [-0.05, 0) is 49.2 Å². The molecule has 0 saturated carbocycles. The van der Waals surface area contributed by atoms with Gasteiger partial charge in [-0.3, -0.25) is 4.98 Å². The first-order chi connectivity index (χ1) is 8.16. The molecule has 0 aliphatic rings. The van der Waals surface area contributed by atoms with Crippen LogP contribution in [0.4, 0.5) is 5.69 Å². The first kappa shape index (κ1) is 12.1. The van der Waals surface area contributed by atoms with Crippen LogP contribution in [0, 0.1) is 13.8 Å². The van der Waals surface area contributed by atoms with Gasteiger partial charge in [-0.15, -0.1) is 0 Å². The molecule has 1 heterocycles. The Labute approximate surface area is 110 Å². The smallest absolute Gasteiger partial charge is 0.0623 e. The van der Waals surface area contributed by atoms with Crippen LogP contribution >= 0.6 is 15.9 Å². The Kier molecular flexibility index (Phi) is 3.79. The van der Waals surface area contributed by atoms with Crippen molar-refractivity contribution in [2.45, 2.75) is 20.4 Å². The van der Waals surface area contributed by atoms with E-state index in [-0.39, 0.29) is 0 Å². The zero-order chi connectivity index (χ0) is 12.3. The molecule has 1 aromatic heterocycles. The number of rotatable bonds is 3. The molecule has 1 aromatic carbocycles. The SMILES string of the molecule is Cc1cc(Br)ccc1NCc1ncccc1C. The average Bonchev–Trinajstić information content (AvgIpc) is 2.30. The zero-order valence-electron chi connectivity index (χ0n) is 10.00. The van der Waals surface area contributed by atoms with Crippen molar-refractivity contribution in [2.75, 3.05) is 5.32 Å². The minimum Gasteiger partial charge on any atom is -0.379 e. The van der Waals surface area contributed by atoms with E-state index >= 15 is 0 Å². The molecule has 0 unspecified atom stereocenters. The number of pyridine rings is 1. The largest absolute Gasteiger partial charge is 0.379 e. The lowest BCUT2D eigenvalue weighted by Gasteiger charge is -2.10. The lowest BCUT2D eigenvalue weighted by Crippen LogP contribution is -2.04. The fraction of sp³-hybridized carbons (Fsp3) is 0.214. The molecule has 0 amide bonds. The van der Waals surface area contributed by atoms with E-state index in [9.17, 15) is 0 Å². The second kappa shape index (κ2) is 5.32. The van der Waals surface area contributed by atoms with Crippen LogP contribution in [0.15, 0.2) is 41.0 Å². The van der Waals surface area contributed by atoms with Gasteiger partial charge in [0, 0.05) is 16.4 Å². The highest BCUT2D eigenvalue weighted by atomic mass is 79.9. The van der Waals surface area contributed by atoms with Gasteiger partial charge in [0.15, 0.2) is 0 Å². The van der Waals surface area contributed by atoms with Gasteiger partial charge in [0.25, 0.3) is 0 Å². The highest BCUT2D eigenvalue weighted by Crippen LogP contribution is 2.20. The summed E-state index contributed by atoms with van der Waals surface area (Å²) in [6, 6.07) is 10.3. The van der Waals surface area contributed by atoms with Crippen LogP contribution in [0.3, 0.4) is 0 Å². The predicted octanol–water partition coefficient (Wildman–Crippen LogP) is 4.07. The third-order valence-corrected chi connectivity index (χ3v) is 3.25. The highest BCUT2D eigenvalue weighted by molar-refractivity contribution is 9.10. The Hall–Kier alpha value is -1.35. The number of hydrogen-bond acceptors (Lipinski definition) is 2. The molecule has 0 radical (unpaired) electrons. The molecule has 0 saturated heterocycles. The first-order valence-corrected chi connectivity index (χ1v) is 6.36. The molecule has 88 valence electrons. The van der Waals surface area contributed by atoms with Crippen molar-refractivity contribution in [2.24, 2.45) is 0 Å². The van der Waals surface area contributed by atoms with Crippen molar-refractivity contribution in [3.63, 3.8) is 0 Å². The van der Waals surface area contributed by atoms with Crippen LogP contribution in [0.1, 0.15) is 16.8 Å². The maximum Gasteiger partial charge on any atom is 0.0623 e. The van der Waals surface area contributed by atoms with E-state index in [1.807, 2.05) is 18.3 Å². The summed E-state index contributed by atoms with van der Waals surface area (Å²) in [5, 5.41) is 3.41.